The molecule has 3 rings (SSSR count). The maximum Gasteiger partial charge on any atom is 0.290 e. The second-order valence-electron chi connectivity index (χ2n) is 5.10. The summed E-state index contributed by atoms with van der Waals surface area (Å²) < 4.78 is 5.12. The summed E-state index contributed by atoms with van der Waals surface area (Å²) >= 11 is 0. The molecule has 1 aromatic carbocycles. The first kappa shape index (κ1) is 12.9. The summed E-state index contributed by atoms with van der Waals surface area (Å²) in [6.07, 6.45) is 2.27. The molecule has 0 spiro atoms. The molecule has 3 N–H and O–H groups in total. The highest BCUT2D eigenvalue weighted by Gasteiger charge is 2.32. The van der Waals surface area contributed by atoms with E-state index >= 15 is 0 Å². The smallest absolute Gasteiger partial charge is 0.290 e. The van der Waals surface area contributed by atoms with Crippen molar-refractivity contribution in [3.05, 3.63) is 42.2 Å². The minimum Gasteiger partial charge on any atom is -0.350 e. The van der Waals surface area contributed by atoms with Crippen LogP contribution in [0.4, 0.5) is 0 Å². The molecular weight excluding hydrogens is 254 g/mol. The number of rotatable bonds is 5. The topological polar surface area (TPSA) is 81.1 Å². The Hall–Kier alpha value is -2.14. The monoisotopic (exact) mass is 271 g/mol. The van der Waals surface area contributed by atoms with Crippen molar-refractivity contribution in [1.29, 1.82) is 0 Å². The van der Waals surface area contributed by atoms with Gasteiger partial charge in [-0.25, -0.2) is 0 Å². The van der Waals surface area contributed by atoms with Crippen LogP contribution in [0.5, 0.6) is 0 Å². The zero-order valence-electron chi connectivity index (χ0n) is 11.1. The second-order valence-corrected chi connectivity index (χ2v) is 5.10. The molecule has 0 aliphatic heterocycles. The van der Waals surface area contributed by atoms with Gasteiger partial charge in [-0.3, -0.25) is 4.79 Å². The maximum absolute atomic E-state index is 12.1. The first-order valence-electron chi connectivity index (χ1n) is 6.81. The number of aromatic nitrogens is 1. The molecule has 1 aromatic heterocycles. The van der Waals surface area contributed by atoms with Crippen molar-refractivity contribution in [1.82, 2.24) is 10.5 Å². The lowest BCUT2D eigenvalue weighted by Crippen LogP contribution is -2.41. The molecule has 1 saturated carbocycles. The molecule has 1 atom stereocenters. The maximum atomic E-state index is 12.1. The number of carbonyl (C=O) groups is 1. The number of benzene rings is 1. The molecule has 5 nitrogen and oxygen atoms in total. The van der Waals surface area contributed by atoms with E-state index in [2.05, 4.69) is 10.5 Å². The normalized spacial score (nSPS) is 15.8. The molecule has 2 aromatic rings. The van der Waals surface area contributed by atoms with E-state index in [9.17, 15) is 4.79 Å². The third-order valence-corrected chi connectivity index (χ3v) is 3.56. The molecule has 1 aliphatic rings. The highest BCUT2D eigenvalue weighted by molar-refractivity contribution is 5.92. The van der Waals surface area contributed by atoms with Crippen LogP contribution in [0.1, 0.15) is 23.4 Å². The highest BCUT2D eigenvalue weighted by Crippen LogP contribution is 2.32. The van der Waals surface area contributed by atoms with Gasteiger partial charge in [0.1, 0.15) is 5.69 Å². The summed E-state index contributed by atoms with van der Waals surface area (Å²) in [5.74, 6) is 0.491. The molecule has 104 valence electrons. The van der Waals surface area contributed by atoms with E-state index in [1.165, 1.54) is 0 Å². The fourth-order valence-corrected chi connectivity index (χ4v) is 2.23. The predicted molar refractivity (Wildman–Crippen MR) is 75.0 cm³/mol. The van der Waals surface area contributed by atoms with Crippen LogP contribution in [0.15, 0.2) is 40.9 Å². The number of nitrogens with zero attached hydrogens (tertiary/aromatic N) is 1. The highest BCUT2D eigenvalue weighted by atomic mass is 16.5. The van der Waals surface area contributed by atoms with Crippen LogP contribution in [-0.4, -0.2) is 23.7 Å². The minimum absolute atomic E-state index is 0.0350. The summed E-state index contributed by atoms with van der Waals surface area (Å²) in [6.45, 7) is 0.454. The van der Waals surface area contributed by atoms with Gasteiger partial charge in [-0.1, -0.05) is 35.5 Å². The molecule has 1 unspecified atom stereocenters. The molecule has 0 bridgehead atoms. The Kier molecular flexibility index (Phi) is 3.52. The molecule has 1 fully saturated rings. The van der Waals surface area contributed by atoms with E-state index in [1.807, 2.05) is 30.3 Å². The van der Waals surface area contributed by atoms with Gasteiger partial charge in [0.25, 0.3) is 5.91 Å². The Balaban J connectivity index is 1.71. The lowest BCUT2D eigenvalue weighted by atomic mass is 10.1. The van der Waals surface area contributed by atoms with Gasteiger partial charge in [0.15, 0.2) is 0 Å². The van der Waals surface area contributed by atoms with Crippen LogP contribution in [0.3, 0.4) is 0 Å². The van der Waals surface area contributed by atoms with Gasteiger partial charge >= 0.3 is 0 Å². The number of amides is 1. The van der Waals surface area contributed by atoms with Crippen molar-refractivity contribution in [3.63, 3.8) is 0 Å². The van der Waals surface area contributed by atoms with E-state index in [1.54, 1.807) is 6.07 Å². The first-order chi connectivity index (χ1) is 9.78. The van der Waals surface area contributed by atoms with E-state index in [0.717, 1.165) is 18.4 Å². The lowest BCUT2D eigenvalue weighted by Gasteiger charge is -2.14. The number of hydrogen-bond donors (Lipinski definition) is 2. The van der Waals surface area contributed by atoms with Crippen molar-refractivity contribution in [2.24, 2.45) is 11.7 Å². The van der Waals surface area contributed by atoms with Crippen molar-refractivity contribution in [3.8, 4) is 11.3 Å². The zero-order valence-corrected chi connectivity index (χ0v) is 11.1. The number of hydrogen-bond acceptors (Lipinski definition) is 4. The summed E-state index contributed by atoms with van der Waals surface area (Å²) in [6, 6.07) is 11.3. The van der Waals surface area contributed by atoms with Crippen molar-refractivity contribution in [2.75, 3.05) is 6.54 Å². The standard InChI is InChI=1S/C15H17N3O2/c16-9-13(11-6-7-11)17-15(19)14-8-12(18-20-14)10-4-2-1-3-5-10/h1-5,8,11,13H,6-7,9,16H2,(H,17,19). The summed E-state index contributed by atoms with van der Waals surface area (Å²) in [5.41, 5.74) is 7.26. The molecule has 1 amide bonds. The summed E-state index contributed by atoms with van der Waals surface area (Å²) in [4.78, 5) is 12.1. The predicted octanol–water partition coefficient (Wildman–Crippen LogP) is 1.81. The molecule has 0 saturated heterocycles. The molecule has 5 heteroatoms. The Bertz CT molecular complexity index is 590. The average Bonchev–Trinajstić information content (AvgIpc) is 3.21. The van der Waals surface area contributed by atoms with Gasteiger partial charge in [0, 0.05) is 24.2 Å². The molecule has 1 heterocycles. The van der Waals surface area contributed by atoms with E-state index in [4.69, 9.17) is 10.3 Å². The largest absolute Gasteiger partial charge is 0.350 e. The second kappa shape index (κ2) is 5.46. The van der Waals surface area contributed by atoms with Crippen LogP contribution in [0.25, 0.3) is 11.3 Å². The van der Waals surface area contributed by atoms with Crippen LogP contribution in [0.2, 0.25) is 0 Å². The van der Waals surface area contributed by atoms with E-state index < -0.39 is 0 Å². The summed E-state index contributed by atoms with van der Waals surface area (Å²) in [7, 11) is 0. The van der Waals surface area contributed by atoms with Crippen LogP contribution in [-0.2, 0) is 0 Å². The fourth-order valence-electron chi connectivity index (χ4n) is 2.23. The van der Waals surface area contributed by atoms with E-state index in [-0.39, 0.29) is 17.7 Å². The molecule has 20 heavy (non-hydrogen) atoms. The van der Waals surface area contributed by atoms with Gasteiger partial charge < -0.3 is 15.6 Å². The van der Waals surface area contributed by atoms with E-state index in [0.29, 0.717) is 18.2 Å². The van der Waals surface area contributed by atoms with Crippen LogP contribution >= 0.6 is 0 Å². The minimum atomic E-state index is -0.248. The SMILES string of the molecule is NCC(NC(=O)c1cc(-c2ccccc2)no1)C1CC1. The third-order valence-electron chi connectivity index (χ3n) is 3.56. The van der Waals surface area contributed by atoms with Crippen LogP contribution < -0.4 is 11.1 Å². The summed E-state index contributed by atoms with van der Waals surface area (Å²) in [5, 5.41) is 6.85. The number of carbonyl (C=O) groups excluding carboxylic acids is 1. The van der Waals surface area contributed by atoms with Gasteiger partial charge in [0.2, 0.25) is 5.76 Å². The van der Waals surface area contributed by atoms with Gasteiger partial charge in [0.05, 0.1) is 0 Å². The van der Waals surface area contributed by atoms with Gasteiger partial charge in [-0.05, 0) is 18.8 Å². The Morgan fingerprint density at radius 1 is 1.40 bits per heavy atom. The van der Waals surface area contributed by atoms with Gasteiger partial charge in [-0.2, -0.15) is 0 Å². The van der Waals surface area contributed by atoms with Crippen LogP contribution in [0, 0.1) is 5.92 Å². The molecule has 0 radical (unpaired) electrons. The molecule has 1 aliphatic carbocycles. The quantitative estimate of drug-likeness (QED) is 0.869. The molecular formula is C15H17N3O2. The first-order valence-corrected chi connectivity index (χ1v) is 6.81. The lowest BCUT2D eigenvalue weighted by molar-refractivity contribution is 0.0896. The zero-order chi connectivity index (χ0) is 13.9. The van der Waals surface area contributed by atoms with Crippen molar-refractivity contribution < 1.29 is 9.32 Å². The number of nitrogens with two attached hydrogens (primary N) is 1. The number of nitrogens with one attached hydrogen (secondary N) is 1. The van der Waals surface area contributed by atoms with Crippen molar-refractivity contribution >= 4 is 5.91 Å². The fraction of sp³-hybridized carbons (Fsp3) is 0.333. The third kappa shape index (κ3) is 2.72. The van der Waals surface area contributed by atoms with Gasteiger partial charge in [-0.15, -0.1) is 0 Å². The Morgan fingerprint density at radius 2 is 2.15 bits per heavy atom. The Labute approximate surface area is 117 Å². The average molecular weight is 271 g/mol. The van der Waals surface area contributed by atoms with Crippen molar-refractivity contribution in [2.45, 2.75) is 18.9 Å². The Morgan fingerprint density at radius 3 is 2.80 bits per heavy atom.